The second-order valence-electron chi connectivity index (χ2n) is 6.70. The van der Waals surface area contributed by atoms with Gasteiger partial charge in [0.25, 0.3) is 0 Å². The summed E-state index contributed by atoms with van der Waals surface area (Å²) in [5.41, 5.74) is 16.5. The van der Waals surface area contributed by atoms with Crippen molar-refractivity contribution in [2.45, 2.75) is 46.2 Å². The molecule has 0 fully saturated rings. The van der Waals surface area contributed by atoms with Crippen LogP contribution in [0.1, 0.15) is 44.9 Å². The first-order valence-electron chi connectivity index (χ1n) is 9.21. The molecule has 0 aliphatic rings. The molecule has 1 aromatic carbocycles. The monoisotopic (exact) mass is 403 g/mol. The number of nitrogens with two attached hydrogens (primary N) is 2. The van der Waals surface area contributed by atoms with Crippen molar-refractivity contribution in [1.82, 2.24) is 10.3 Å². The number of methoxy groups -OCH3 is 1. The van der Waals surface area contributed by atoms with E-state index >= 15 is 0 Å². The van der Waals surface area contributed by atoms with E-state index in [0.29, 0.717) is 36.9 Å². The van der Waals surface area contributed by atoms with Gasteiger partial charge < -0.3 is 21.5 Å². The third-order valence-electron chi connectivity index (χ3n) is 4.81. The van der Waals surface area contributed by atoms with E-state index in [1.807, 2.05) is 19.9 Å². The highest BCUT2D eigenvalue weighted by atomic mass is 32.1. The molecule has 2 rings (SSSR count). The van der Waals surface area contributed by atoms with E-state index in [2.05, 4.69) is 22.2 Å². The predicted octanol–water partition coefficient (Wildman–Crippen LogP) is 2.47. The molecule has 1 atom stereocenters. The minimum absolute atomic E-state index is 0.113. The molecule has 152 valence electrons. The van der Waals surface area contributed by atoms with Crippen LogP contribution in [0.15, 0.2) is 22.6 Å². The van der Waals surface area contributed by atoms with Gasteiger partial charge in [0, 0.05) is 18.1 Å². The molecule has 8 heteroatoms. The van der Waals surface area contributed by atoms with Crippen LogP contribution in [0.3, 0.4) is 0 Å². The number of guanidine groups is 1. The number of Topliss-reactive ketones (excluding diaryl/α,β-unsaturated/α-hetero) is 1. The molecule has 1 aromatic heterocycles. The lowest BCUT2D eigenvalue weighted by Crippen LogP contribution is -2.35. The average Bonchev–Trinajstić information content (AvgIpc) is 3.21. The Morgan fingerprint density at radius 1 is 1.36 bits per heavy atom. The molecular weight excluding hydrogens is 374 g/mol. The van der Waals surface area contributed by atoms with Gasteiger partial charge in [-0.15, -0.1) is 11.3 Å². The number of carbonyl (C=O) groups excluding carboxylic acids is 1. The number of aliphatic imine (C=N–C) groups is 1. The van der Waals surface area contributed by atoms with Crippen LogP contribution in [0, 0.1) is 20.8 Å². The van der Waals surface area contributed by atoms with E-state index in [9.17, 15) is 4.79 Å². The van der Waals surface area contributed by atoms with Gasteiger partial charge in [0.1, 0.15) is 5.75 Å². The zero-order valence-electron chi connectivity index (χ0n) is 16.9. The van der Waals surface area contributed by atoms with Crippen molar-refractivity contribution < 1.29 is 9.53 Å². The van der Waals surface area contributed by atoms with Crippen LogP contribution < -0.4 is 21.5 Å². The van der Waals surface area contributed by atoms with E-state index in [1.165, 1.54) is 16.9 Å². The molecule has 5 N–H and O–H groups in total. The van der Waals surface area contributed by atoms with Crippen LogP contribution in [-0.2, 0) is 6.54 Å². The minimum atomic E-state index is -0.543. The van der Waals surface area contributed by atoms with Gasteiger partial charge in [-0.3, -0.25) is 4.79 Å². The third-order valence-corrected chi connectivity index (χ3v) is 5.60. The van der Waals surface area contributed by atoms with Crippen molar-refractivity contribution in [2.24, 2.45) is 16.5 Å². The van der Waals surface area contributed by atoms with Crippen LogP contribution >= 0.6 is 11.3 Å². The molecule has 0 aliphatic heterocycles. The zero-order chi connectivity index (χ0) is 20.7. The summed E-state index contributed by atoms with van der Waals surface area (Å²) >= 11 is 1.31. The summed E-state index contributed by atoms with van der Waals surface area (Å²) in [6.45, 7) is 7.26. The molecule has 2 aromatic rings. The van der Waals surface area contributed by atoms with Gasteiger partial charge in [-0.1, -0.05) is 0 Å². The topological polar surface area (TPSA) is 116 Å². The van der Waals surface area contributed by atoms with E-state index < -0.39 is 6.04 Å². The highest BCUT2D eigenvalue weighted by molar-refractivity contribution is 7.11. The molecule has 0 bridgehead atoms. The number of aryl methyl sites for hydroxylation is 1. The molecule has 7 nitrogen and oxygen atoms in total. The fourth-order valence-electron chi connectivity index (χ4n) is 2.95. The molecule has 0 amide bonds. The largest absolute Gasteiger partial charge is 0.496 e. The lowest BCUT2D eigenvalue weighted by molar-refractivity contribution is 0.0956. The Bertz CT molecular complexity index is 834. The summed E-state index contributed by atoms with van der Waals surface area (Å²) in [4.78, 5) is 20.5. The number of aromatic nitrogens is 1. The number of nitrogens with one attached hydrogen (secondary N) is 1. The maximum atomic E-state index is 12.1. The second kappa shape index (κ2) is 10.2. The van der Waals surface area contributed by atoms with E-state index in [0.717, 1.165) is 22.4 Å². The summed E-state index contributed by atoms with van der Waals surface area (Å²) in [5, 5.41) is 5.31. The van der Waals surface area contributed by atoms with Gasteiger partial charge in [0.2, 0.25) is 5.78 Å². The molecule has 0 spiro atoms. The first kappa shape index (κ1) is 21.8. The molecule has 0 saturated carbocycles. The maximum Gasteiger partial charge on any atom is 0.207 e. The summed E-state index contributed by atoms with van der Waals surface area (Å²) in [6.07, 6.45) is 2.89. The van der Waals surface area contributed by atoms with Crippen molar-refractivity contribution in [3.05, 3.63) is 44.9 Å². The predicted molar refractivity (Wildman–Crippen MR) is 114 cm³/mol. The lowest BCUT2D eigenvalue weighted by Gasteiger charge is -2.15. The van der Waals surface area contributed by atoms with Crippen molar-refractivity contribution >= 4 is 23.1 Å². The minimum Gasteiger partial charge on any atom is -0.496 e. The SMILES string of the molecule is COc1cc(C)c(CN=C(N)NCCC[C@H](N)C(=O)c2nccs2)c(C)c1C. The fraction of sp³-hybridized carbons (Fsp3) is 0.450. The van der Waals surface area contributed by atoms with Gasteiger partial charge in [0.15, 0.2) is 11.0 Å². The van der Waals surface area contributed by atoms with Gasteiger partial charge in [-0.05, 0) is 61.9 Å². The summed E-state index contributed by atoms with van der Waals surface area (Å²) in [6, 6.07) is 1.48. The molecule has 1 heterocycles. The number of hydrogen-bond acceptors (Lipinski definition) is 6. The van der Waals surface area contributed by atoms with Gasteiger partial charge in [0.05, 0.1) is 19.7 Å². The van der Waals surface area contributed by atoms with Crippen molar-refractivity contribution in [3.63, 3.8) is 0 Å². The molecule has 28 heavy (non-hydrogen) atoms. The van der Waals surface area contributed by atoms with Gasteiger partial charge in [-0.25, -0.2) is 9.98 Å². The number of ketones is 1. The van der Waals surface area contributed by atoms with Gasteiger partial charge in [-0.2, -0.15) is 0 Å². The Hall–Kier alpha value is -2.45. The number of ether oxygens (including phenoxy) is 1. The average molecular weight is 404 g/mol. The Labute approximate surface area is 170 Å². The van der Waals surface area contributed by atoms with Crippen LogP contribution in [0.4, 0.5) is 0 Å². The van der Waals surface area contributed by atoms with E-state index in [4.69, 9.17) is 16.2 Å². The zero-order valence-corrected chi connectivity index (χ0v) is 17.7. The first-order chi connectivity index (χ1) is 13.3. The number of carbonyl (C=O) groups is 1. The normalized spacial score (nSPS) is 12.7. The van der Waals surface area contributed by atoms with E-state index in [1.54, 1.807) is 18.7 Å². The molecule has 0 unspecified atom stereocenters. The number of rotatable bonds is 9. The Kier molecular flexibility index (Phi) is 7.95. The van der Waals surface area contributed by atoms with Crippen LogP contribution in [0.25, 0.3) is 0 Å². The summed E-state index contributed by atoms with van der Waals surface area (Å²) in [5.74, 6) is 1.15. The molecule has 0 radical (unpaired) electrons. The molecule has 0 saturated heterocycles. The standard InChI is InChI=1S/C20H29N5O2S/c1-12-10-17(27-4)14(3)13(2)15(12)11-25-20(22)24-7-5-6-16(21)18(26)19-23-8-9-28-19/h8-10,16H,5-7,11,21H2,1-4H3,(H3,22,24,25)/t16-/m0/s1. The number of benzene rings is 1. The number of thiazole rings is 1. The molecular formula is C20H29N5O2S. The quantitative estimate of drug-likeness (QED) is 0.256. The highest BCUT2D eigenvalue weighted by Gasteiger charge is 2.17. The van der Waals surface area contributed by atoms with Crippen molar-refractivity contribution in [1.29, 1.82) is 0 Å². The van der Waals surface area contributed by atoms with Crippen LogP contribution in [0.2, 0.25) is 0 Å². The summed E-state index contributed by atoms with van der Waals surface area (Å²) < 4.78 is 5.40. The fourth-order valence-corrected chi connectivity index (χ4v) is 3.59. The Morgan fingerprint density at radius 2 is 2.11 bits per heavy atom. The Balaban J connectivity index is 1.82. The van der Waals surface area contributed by atoms with Crippen molar-refractivity contribution in [2.75, 3.05) is 13.7 Å². The first-order valence-corrected chi connectivity index (χ1v) is 10.1. The Morgan fingerprint density at radius 3 is 2.75 bits per heavy atom. The van der Waals surface area contributed by atoms with Crippen molar-refractivity contribution in [3.8, 4) is 5.75 Å². The molecule has 0 aliphatic carbocycles. The third kappa shape index (κ3) is 5.53. The van der Waals surface area contributed by atoms with Crippen LogP contribution in [0.5, 0.6) is 5.75 Å². The maximum absolute atomic E-state index is 12.1. The van der Waals surface area contributed by atoms with Crippen LogP contribution in [-0.4, -0.2) is 36.4 Å². The lowest BCUT2D eigenvalue weighted by atomic mass is 9.97. The smallest absolute Gasteiger partial charge is 0.207 e. The van der Waals surface area contributed by atoms with E-state index in [-0.39, 0.29) is 5.78 Å². The summed E-state index contributed by atoms with van der Waals surface area (Å²) in [7, 11) is 1.68. The highest BCUT2D eigenvalue weighted by Crippen LogP contribution is 2.27. The van der Waals surface area contributed by atoms with Gasteiger partial charge >= 0.3 is 0 Å². The second-order valence-corrected chi connectivity index (χ2v) is 7.60. The number of hydrogen-bond donors (Lipinski definition) is 3. The number of nitrogens with zero attached hydrogens (tertiary/aromatic N) is 2.